The number of nitrogens with one attached hydrogen (secondary N) is 5. The maximum absolute atomic E-state index is 13.6. The molecule has 0 saturated heterocycles. The van der Waals surface area contributed by atoms with Gasteiger partial charge in [-0.15, -0.1) is 0 Å². The van der Waals surface area contributed by atoms with Crippen molar-refractivity contribution in [3.63, 3.8) is 0 Å². The van der Waals surface area contributed by atoms with Crippen LogP contribution in [0.3, 0.4) is 0 Å². The second-order valence-electron chi connectivity index (χ2n) is 13.0. The first-order valence-corrected chi connectivity index (χ1v) is 18.4. The van der Waals surface area contributed by atoms with Crippen molar-refractivity contribution in [1.82, 2.24) is 5.32 Å². The zero-order valence-electron chi connectivity index (χ0n) is 34.1. The molecule has 0 aliphatic rings. The van der Waals surface area contributed by atoms with Crippen LogP contribution in [-0.4, -0.2) is 77.8 Å². The molecule has 0 unspecified atom stereocenters. The van der Waals surface area contributed by atoms with E-state index in [9.17, 15) is 61.6 Å². The Morgan fingerprint density at radius 2 is 1.12 bits per heavy atom. The van der Waals surface area contributed by atoms with Crippen LogP contribution >= 0.6 is 0 Å². The van der Waals surface area contributed by atoms with Gasteiger partial charge in [0.1, 0.15) is 17.0 Å². The number of aromatic carboxylic acids is 1. The Labute approximate surface area is 365 Å². The molecule has 5 aromatic carbocycles. The maximum atomic E-state index is 13.6. The molecule has 5 amide bonds. The molecule has 0 aliphatic carbocycles. The normalized spacial score (nSPS) is 10.8. The van der Waals surface area contributed by atoms with Crippen LogP contribution in [-0.2, 0) is 9.59 Å². The van der Waals surface area contributed by atoms with Gasteiger partial charge in [-0.2, -0.15) is 18.4 Å². The molecule has 0 radical (unpaired) electrons. The van der Waals surface area contributed by atoms with Gasteiger partial charge in [-0.05, 0) is 96.6 Å². The number of alkyl halides is 3. The number of ether oxygens (including phenoxy) is 2. The summed E-state index contributed by atoms with van der Waals surface area (Å²) in [6.45, 7) is 0.924. The molecule has 0 fully saturated rings. The maximum Gasteiger partial charge on any atom is 0.421 e. The number of hydrogen-bond donors (Lipinski definition) is 8. The lowest BCUT2D eigenvalue weighted by atomic mass is 10.1. The molecular formula is C44H36F4N6O11. The zero-order chi connectivity index (χ0) is 48.0. The van der Waals surface area contributed by atoms with E-state index in [0.717, 1.165) is 37.4 Å². The lowest BCUT2D eigenvalue weighted by molar-refractivity contribution is -0.126. The molecule has 21 heteroatoms. The van der Waals surface area contributed by atoms with E-state index in [0.29, 0.717) is 6.08 Å². The van der Waals surface area contributed by atoms with Crippen LogP contribution < -0.4 is 36.1 Å². The summed E-state index contributed by atoms with van der Waals surface area (Å²) in [7, 11) is 2.32. The van der Waals surface area contributed by atoms with Crippen LogP contribution in [0.4, 0.5) is 40.3 Å². The van der Waals surface area contributed by atoms with Crippen molar-refractivity contribution in [3.05, 3.63) is 136 Å². The van der Waals surface area contributed by atoms with Crippen molar-refractivity contribution in [2.75, 3.05) is 42.0 Å². The molecule has 0 saturated carbocycles. The summed E-state index contributed by atoms with van der Waals surface area (Å²) < 4.78 is 64.3. The van der Waals surface area contributed by atoms with E-state index in [1.165, 1.54) is 80.8 Å². The third-order valence-electron chi connectivity index (χ3n) is 8.62. The number of nitriles is 1. The Bertz CT molecular complexity index is 2680. The molecule has 0 aromatic heterocycles. The number of anilines is 4. The monoisotopic (exact) mass is 900 g/mol. The highest BCUT2D eigenvalue weighted by atomic mass is 19.4. The topological polar surface area (TPSA) is 266 Å². The number of rotatable bonds is 14. The number of carboxylic acids is 1. The first-order valence-electron chi connectivity index (χ1n) is 18.4. The lowest BCUT2D eigenvalue weighted by Gasteiger charge is -2.16. The number of carboxylic acid groups (broad SMARTS) is 1. The number of aromatic hydroxyl groups is 2. The van der Waals surface area contributed by atoms with Crippen LogP contribution in [0.25, 0.3) is 6.08 Å². The molecule has 336 valence electrons. The highest BCUT2D eigenvalue weighted by molar-refractivity contribution is 6.11. The van der Waals surface area contributed by atoms with Crippen LogP contribution in [0.2, 0.25) is 0 Å². The molecule has 65 heavy (non-hydrogen) atoms. The minimum Gasteiger partial charge on any atom is -0.504 e. The SMILES string of the molecule is CC#N.COc1c(NC(=O)c2ccc(NC(=O)c3ccc(NC(=O)CNC(=O)c4ccc(NC(=O)/C(=C/c5ccc(F)cc5)C(F)(F)F)cc4)cc3)c(OC)c2O)ccc(C(=O)O)c1O. The molecule has 0 spiro atoms. The molecular weight excluding hydrogens is 865 g/mol. The van der Waals surface area contributed by atoms with Crippen LogP contribution in [0.5, 0.6) is 23.0 Å². The average Bonchev–Trinajstić information content (AvgIpc) is 3.25. The second kappa shape index (κ2) is 21.7. The van der Waals surface area contributed by atoms with E-state index in [-0.39, 0.29) is 56.5 Å². The van der Waals surface area contributed by atoms with Gasteiger partial charge in [0.2, 0.25) is 5.91 Å². The zero-order valence-corrected chi connectivity index (χ0v) is 34.1. The van der Waals surface area contributed by atoms with Gasteiger partial charge < -0.3 is 51.4 Å². The van der Waals surface area contributed by atoms with E-state index in [1.807, 2.05) is 0 Å². The minimum atomic E-state index is -5.04. The van der Waals surface area contributed by atoms with E-state index in [4.69, 9.17) is 14.7 Å². The van der Waals surface area contributed by atoms with Crippen LogP contribution in [0.15, 0.2) is 103 Å². The Morgan fingerprint density at radius 1 is 0.662 bits per heavy atom. The van der Waals surface area contributed by atoms with Crippen molar-refractivity contribution in [2.24, 2.45) is 0 Å². The summed E-state index contributed by atoms with van der Waals surface area (Å²) >= 11 is 0. The number of carbonyl (C=O) groups excluding carboxylic acids is 5. The Morgan fingerprint density at radius 3 is 1.62 bits per heavy atom. The highest BCUT2D eigenvalue weighted by Crippen LogP contribution is 2.40. The first-order chi connectivity index (χ1) is 30.8. The van der Waals surface area contributed by atoms with E-state index in [2.05, 4.69) is 26.6 Å². The predicted octanol–water partition coefficient (Wildman–Crippen LogP) is 6.94. The largest absolute Gasteiger partial charge is 0.504 e. The van der Waals surface area contributed by atoms with Crippen molar-refractivity contribution >= 4 is 64.3 Å². The molecule has 5 rings (SSSR count). The summed E-state index contributed by atoms with van der Waals surface area (Å²) in [6.07, 6.45) is -4.47. The Kier molecular flexibility index (Phi) is 16.3. The Balaban J connectivity index is 0.00000300. The van der Waals surface area contributed by atoms with Crippen molar-refractivity contribution in [3.8, 4) is 29.1 Å². The van der Waals surface area contributed by atoms with Gasteiger partial charge in [0.05, 0.1) is 43.8 Å². The fraction of sp³-hybridized carbons (Fsp3) is 0.114. The number of carbonyl (C=O) groups is 6. The third-order valence-corrected chi connectivity index (χ3v) is 8.62. The number of phenols is 2. The predicted molar refractivity (Wildman–Crippen MR) is 226 cm³/mol. The van der Waals surface area contributed by atoms with Gasteiger partial charge in [0, 0.05) is 29.4 Å². The molecule has 0 heterocycles. The molecule has 0 atom stereocenters. The summed E-state index contributed by atoms with van der Waals surface area (Å²) in [5.74, 6) is -8.61. The van der Waals surface area contributed by atoms with Gasteiger partial charge >= 0.3 is 12.1 Å². The van der Waals surface area contributed by atoms with Gasteiger partial charge in [-0.3, -0.25) is 24.0 Å². The molecule has 17 nitrogen and oxygen atoms in total. The van der Waals surface area contributed by atoms with E-state index < -0.39 is 76.7 Å². The van der Waals surface area contributed by atoms with Gasteiger partial charge in [0.15, 0.2) is 23.0 Å². The van der Waals surface area contributed by atoms with Crippen LogP contribution in [0, 0.1) is 17.1 Å². The van der Waals surface area contributed by atoms with Crippen LogP contribution in [0.1, 0.15) is 53.9 Å². The first kappa shape index (κ1) is 48.7. The number of amides is 5. The minimum absolute atomic E-state index is 0.0125. The molecule has 5 aromatic rings. The van der Waals surface area contributed by atoms with Gasteiger partial charge in [-0.1, -0.05) is 12.1 Å². The summed E-state index contributed by atoms with van der Waals surface area (Å²) in [5.41, 5.74) is -2.27. The van der Waals surface area contributed by atoms with E-state index in [1.54, 1.807) is 6.07 Å². The van der Waals surface area contributed by atoms with Crippen molar-refractivity contribution in [2.45, 2.75) is 13.1 Å². The third kappa shape index (κ3) is 12.8. The molecule has 0 bridgehead atoms. The van der Waals surface area contributed by atoms with E-state index >= 15 is 0 Å². The summed E-state index contributed by atoms with van der Waals surface area (Å²) in [4.78, 5) is 75.2. The fourth-order valence-corrected chi connectivity index (χ4v) is 5.57. The number of methoxy groups -OCH3 is 2. The standard InChI is InChI=1S/C42H33F4N5O11.C2H3N/c1-61-35-30(17-15-27(33(35)53)39(57)51-31-18-16-28(41(59)60)34(54)36(31)62-2)50-38(56)23-7-11-25(12-8-23)48-32(52)20-47-37(55)22-5-13-26(14-6-22)49-40(58)29(42(44,45)46)19-21-3-9-24(43)10-4-21;1-2-3/h3-19,53-54H,20H2,1-2H3,(H,47,55)(H,48,52)(H,49,58)(H,50,56)(H,51,57)(H,59,60);1H3/b29-19-;. The quantitative estimate of drug-likeness (QED) is 0.0416. The second-order valence-corrected chi connectivity index (χ2v) is 13.0. The number of nitrogens with zero attached hydrogens (tertiary/aromatic N) is 1. The number of halogens is 4. The average molecular weight is 901 g/mol. The molecule has 8 N–H and O–H groups in total. The van der Waals surface area contributed by atoms with Gasteiger partial charge in [0.25, 0.3) is 23.6 Å². The number of hydrogen-bond acceptors (Lipinski definition) is 11. The fourth-order valence-electron chi connectivity index (χ4n) is 5.57. The smallest absolute Gasteiger partial charge is 0.421 e. The number of phenolic OH excluding ortho intramolecular Hbond substituents is 1. The summed E-state index contributed by atoms with van der Waals surface area (Å²) in [6, 6.07) is 20.7. The molecule has 0 aliphatic heterocycles. The summed E-state index contributed by atoms with van der Waals surface area (Å²) in [5, 5.41) is 49.6. The Hall–Kier alpha value is -8.93. The van der Waals surface area contributed by atoms with Crippen molar-refractivity contribution in [1.29, 1.82) is 5.26 Å². The van der Waals surface area contributed by atoms with Gasteiger partial charge in [-0.25, -0.2) is 9.18 Å². The number of benzene rings is 5. The highest BCUT2D eigenvalue weighted by Gasteiger charge is 2.38. The lowest BCUT2D eigenvalue weighted by Crippen LogP contribution is -2.32. The van der Waals surface area contributed by atoms with Crippen molar-refractivity contribution < 1.29 is 71.1 Å².